The van der Waals surface area contributed by atoms with Crippen molar-refractivity contribution in [1.82, 2.24) is 0 Å². The topological polar surface area (TPSA) is 64.3 Å². The van der Waals surface area contributed by atoms with E-state index >= 15 is 0 Å². The Bertz CT molecular complexity index is 479. The zero-order chi connectivity index (χ0) is 14.0. The predicted octanol–water partition coefficient (Wildman–Crippen LogP) is 2.90. The Hall–Kier alpha value is -1.71. The molecule has 4 heteroatoms. The second-order valence-corrected chi connectivity index (χ2v) is 5.66. The van der Waals surface area contributed by atoms with E-state index in [-0.39, 0.29) is 5.97 Å². The van der Waals surface area contributed by atoms with Gasteiger partial charge in [0, 0.05) is 6.54 Å². The number of carbonyl (C=O) groups is 1. The molecule has 0 radical (unpaired) electrons. The van der Waals surface area contributed by atoms with Crippen LogP contribution in [0.25, 0.3) is 0 Å². The highest BCUT2D eigenvalue weighted by Crippen LogP contribution is 2.51. The number of nitrogens with two attached hydrogens (primary N) is 1. The summed E-state index contributed by atoms with van der Waals surface area (Å²) in [6.07, 6.45) is 2.52. The van der Waals surface area contributed by atoms with Gasteiger partial charge in [-0.2, -0.15) is 0 Å². The highest BCUT2D eigenvalue weighted by atomic mass is 16.5. The van der Waals surface area contributed by atoms with Gasteiger partial charge in [-0.15, -0.1) is 0 Å². The third-order valence-corrected chi connectivity index (χ3v) is 4.22. The number of benzene rings is 1. The van der Waals surface area contributed by atoms with Crippen LogP contribution in [0.5, 0.6) is 0 Å². The second kappa shape index (κ2) is 5.11. The standard InChI is InChI=1S/C15H22N2O2/c1-10(2)15(6-7-15)9-17-13-8-11(14(18)19-3)4-5-12(13)16/h4-5,8,10,17H,6-7,9,16H2,1-3H3. The highest BCUT2D eigenvalue weighted by molar-refractivity contribution is 5.91. The number of ether oxygens (including phenoxy) is 1. The molecule has 0 amide bonds. The predicted molar refractivity (Wildman–Crippen MR) is 77.2 cm³/mol. The monoisotopic (exact) mass is 262 g/mol. The SMILES string of the molecule is COC(=O)c1ccc(N)c(NCC2(C(C)C)CC2)c1. The lowest BCUT2D eigenvalue weighted by Crippen LogP contribution is -2.21. The quantitative estimate of drug-likeness (QED) is 0.632. The summed E-state index contributed by atoms with van der Waals surface area (Å²) in [5, 5.41) is 3.38. The van der Waals surface area contributed by atoms with Crippen LogP contribution in [0, 0.1) is 11.3 Å². The molecule has 0 atom stereocenters. The summed E-state index contributed by atoms with van der Waals surface area (Å²) >= 11 is 0. The zero-order valence-corrected chi connectivity index (χ0v) is 11.8. The molecule has 19 heavy (non-hydrogen) atoms. The fraction of sp³-hybridized carbons (Fsp3) is 0.533. The number of anilines is 2. The van der Waals surface area contributed by atoms with Crippen molar-refractivity contribution in [3.63, 3.8) is 0 Å². The van der Waals surface area contributed by atoms with Crippen molar-refractivity contribution < 1.29 is 9.53 Å². The minimum absolute atomic E-state index is 0.340. The van der Waals surface area contributed by atoms with Gasteiger partial charge in [0.05, 0.1) is 24.0 Å². The summed E-state index contributed by atoms with van der Waals surface area (Å²) < 4.78 is 4.72. The van der Waals surface area contributed by atoms with Gasteiger partial charge in [-0.05, 0) is 42.4 Å². The Morgan fingerprint density at radius 1 is 1.47 bits per heavy atom. The van der Waals surface area contributed by atoms with Crippen LogP contribution < -0.4 is 11.1 Å². The molecule has 1 aliphatic rings. The highest BCUT2D eigenvalue weighted by Gasteiger charge is 2.44. The summed E-state index contributed by atoms with van der Waals surface area (Å²) in [7, 11) is 1.38. The molecule has 3 N–H and O–H groups in total. The van der Waals surface area contributed by atoms with E-state index in [1.165, 1.54) is 20.0 Å². The number of carbonyl (C=O) groups excluding carboxylic acids is 1. The average molecular weight is 262 g/mol. The van der Waals surface area contributed by atoms with Gasteiger partial charge >= 0.3 is 5.97 Å². The number of methoxy groups -OCH3 is 1. The van der Waals surface area contributed by atoms with Crippen LogP contribution in [0.15, 0.2) is 18.2 Å². The maximum absolute atomic E-state index is 11.5. The van der Waals surface area contributed by atoms with Crippen molar-refractivity contribution in [2.75, 3.05) is 24.7 Å². The van der Waals surface area contributed by atoms with E-state index in [9.17, 15) is 4.79 Å². The van der Waals surface area contributed by atoms with Gasteiger partial charge in [-0.3, -0.25) is 0 Å². The molecule has 1 aliphatic carbocycles. The molecule has 0 saturated heterocycles. The lowest BCUT2D eigenvalue weighted by molar-refractivity contribution is 0.0601. The van der Waals surface area contributed by atoms with Gasteiger partial charge in [0.25, 0.3) is 0 Å². The first-order valence-corrected chi connectivity index (χ1v) is 6.70. The first-order valence-electron chi connectivity index (χ1n) is 6.70. The van der Waals surface area contributed by atoms with Gasteiger partial charge in [-0.1, -0.05) is 13.8 Å². The summed E-state index contributed by atoms with van der Waals surface area (Å²) in [5.74, 6) is 0.318. The first kappa shape index (κ1) is 13.7. The maximum Gasteiger partial charge on any atom is 0.337 e. The number of nitrogens with one attached hydrogen (secondary N) is 1. The molecule has 1 aromatic carbocycles. The van der Waals surface area contributed by atoms with Crippen LogP contribution in [0.1, 0.15) is 37.0 Å². The average Bonchev–Trinajstić information content (AvgIpc) is 3.18. The van der Waals surface area contributed by atoms with Gasteiger partial charge in [0.2, 0.25) is 0 Å². The summed E-state index contributed by atoms with van der Waals surface area (Å²) in [6.45, 7) is 5.41. The smallest absolute Gasteiger partial charge is 0.337 e. The van der Waals surface area contributed by atoms with Crippen molar-refractivity contribution in [2.24, 2.45) is 11.3 Å². The molecule has 2 rings (SSSR count). The van der Waals surface area contributed by atoms with Crippen molar-refractivity contribution >= 4 is 17.3 Å². The van der Waals surface area contributed by atoms with E-state index in [0.717, 1.165) is 12.2 Å². The summed E-state index contributed by atoms with van der Waals surface area (Å²) in [5.41, 5.74) is 8.33. The van der Waals surface area contributed by atoms with Gasteiger partial charge in [0.1, 0.15) is 0 Å². The van der Waals surface area contributed by atoms with Crippen LogP contribution in [-0.2, 0) is 4.74 Å². The fourth-order valence-corrected chi connectivity index (χ4v) is 2.34. The van der Waals surface area contributed by atoms with Crippen LogP contribution in [0.4, 0.5) is 11.4 Å². The Morgan fingerprint density at radius 3 is 2.68 bits per heavy atom. The van der Waals surface area contributed by atoms with Crippen molar-refractivity contribution in [1.29, 1.82) is 0 Å². The van der Waals surface area contributed by atoms with Crippen molar-refractivity contribution in [2.45, 2.75) is 26.7 Å². The van der Waals surface area contributed by atoms with Crippen LogP contribution in [0.3, 0.4) is 0 Å². The van der Waals surface area contributed by atoms with E-state index < -0.39 is 0 Å². The number of nitrogen functional groups attached to an aromatic ring is 1. The zero-order valence-electron chi connectivity index (χ0n) is 11.8. The van der Waals surface area contributed by atoms with E-state index in [1.807, 2.05) is 0 Å². The molecule has 1 saturated carbocycles. The summed E-state index contributed by atoms with van der Waals surface area (Å²) in [6, 6.07) is 5.18. The van der Waals surface area contributed by atoms with Crippen LogP contribution in [0.2, 0.25) is 0 Å². The summed E-state index contributed by atoms with van der Waals surface area (Å²) in [4.78, 5) is 11.5. The van der Waals surface area contributed by atoms with E-state index in [1.54, 1.807) is 18.2 Å². The number of rotatable bonds is 5. The molecule has 0 spiro atoms. The minimum Gasteiger partial charge on any atom is -0.465 e. The number of hydrogen-bond acceptors (Lipinski definition) is 4. The Balaban J connectivity index is 2.09. The minimum atomic E-state index is -0.340. The van der Waals surface area contributed by atoms with E-state index in [2.05, 4.69) is 19.2 Å². The van der Waals surface area contributed by atoms with Crippen molar-refractivity contribution in [3.8, 4) is 0 Å². The van der Waals surface area contributed by atoms with Crippen LogP contribution >= 0.6 is 0 Å². The molecule has 4 nitrogen and oxygen atoms in total. The largest absolute Gasteiger partial charge is 0.465 e. The molecule has 0 aromatic heterocycles. The Kier molecular flexibility index (Phi) is 3.69. The number of esters is 1. The van der Waals surface area contributed by atoms with Gasteiger partial charge < -0.3 is 15.8 Å². The first-order chi connectivity index (χ1) is 8.98. The molecule has 1 fully saturated rings. The Morgan fingerprint density at radius 2 is 2.16 bits per heavy atom. The molecule has 104 valence electrons. The molecular formula is C15H22N2O2. The maximum atomic E-state index is 11.5. The van der Waals surface area contributed by atoms with Gasteiger partial charge in [0.15, 0.2) is 0 Å². The number of hydrogen-bond donors (Lipinski definition) is 2. The fourth-order valence-electron chi connectivity index (χ4n) is 2.34. The van der Waals surface area contributed by atoms with E-state index in [0.29, 0.717) is 22.6 Å². The van der Waals surface area contributed by atoms with Crippen molar-refractivity contribution in [3.05, 3.63) is 23.8 Å². The van der Waals surface area contributed by atoms with Crippen LogP contribution in [-0.4, -0.2) is 19.6 Å². The molecule has 1 aromatic rings. The normalized spacial score (nSPS) is 16.2. The second-order valence-electron chi connectivity index (χ2n) is 5.66. The van der Waals surface area contributed by atoms with Gasteiger partial charge in [-0.25, -0.2) is 4.79 Å². The molecule has 0 aliphatic heterocycles. The lowest BCUT2D eigenvalue weighted by Gasteiger charge is -2.21. The Labute approximate surface area is 114 Å². The lowest BCUT2D eigenvalue weighted by atomic mass is 9.92. The third kappa shape index (κ3) is 2.83. The molecule has 0 heterocycles. The molecular weight excluding hydrogens is 240 g/mol. The third-order valence-electron chi connectivity index (χ3n) is 4.22. The van der Waals surface area contributed by atoms with E-state index in [4.69, 9.17) is 10.5 Å². The molecule has 0 bridgehead atoms. The molecule has 0 unspecified atom stereocenters.